The van der Waals surface area contributed by atoms with Crippen LogP contribution in [0.5, 0.6) is 5.75 Å². The molecule has 1 aliphatic rings. The second-order valence-corrected chi connectivity index (χ2v) is 10.4. The van der Waals surface area contributed by atoms with Crippen molar-refractivity contribution in [1.29, 1.82) is 0 Å². The highest BCUT2D eigenvalue weighted by molar-refractivity contribution is 7.88. The number of para-hydroxylation sites is 1. The molecule has 206 valence electrons. The summed E-state index contributed by atoms with van der Waals surface area (Å²) >= 11 is 0. The molecule has 0 spiro atoms. The number of nitrogens with zero attached hydrogens (tertiary/aromatic N) is 7. The zero-order chi connectivity index (χ0) is 27.6. The maximum Gasteiger partial charge on any atom is 0.296 e. The maximum atomic E-state index is 14.2. The number of hydrogen-bond acceptors (Lipinski definition) is 11. The van der Waals surface area contributed by atoms with Crippen LogP contribution in [0.3, 0.4) is 0 Å². The van der Waals surface area contributed by atoms with Crippen molar-refractivity contribution in [3.8, 4) is 11.7 Å². The molecule has 5 rings (SSSR count). The monoisotopic (exact) mass is 561 g/mol. The van der Waals surface area contributed by atoms with E-state index in [4.69, 9.17) is 9.47 Å². The SMILES string of the molecule is COc1cccc2c1nc(C(F)F)n2-c1nc(Nc2ccc(CNS(C)(=O)=O)nc2)nc(N2CCOCC2)n1. The zero-order valence-electron chi connectivity index (χ0n) is 21.0. The van der Waals surface area contributed by atoms with Gasteiger partial charge in [-0.05, 0) is 24.3 Å². The summed E-state index contributed by atoms with van der Waals surface area (Å²) < 4.78 is 65.4. The van der Waals surface area contributed by atoms with E-state index in [1.165, 1.54) is 17.9 Å². The summed E-state index contributed by atoms with van der Waals surface area (Å²) in [5.74, 6) is 0.115. The van der Waals surface area contributed by atoms with Gasteiger partial charge >= 0.3 is 0 Å². The summed E-state index contributed by atoms with van der Waals surface area (Å²) in [6.45, 7) is 1.97. The van der Waals surface area contributed by atoms with Gasteiger partial charge < -0.3 is 19.7 Å². The van der Waals surface area contributed by atoms with Gasteiger partial charge in [-0.25, -0.2) is 26.9 Å². The lowest BCUT2D eigenvalue weighted by Gasteiger charge is -2.27. The second kappa shape index (κ2) is 11.0. The molecule has 0 bridgehead atoms. The van der Waals surface area contributed by atoms with Gasteiger partial charge in [0.2, 0.25) is 27.9 Å². The Kier molecular flexibility index (Phi) is 7.49. The van der Waals surface area contributed by atoms with Crippen LogP contribution in [-0.2, 0) is 21.3 Å². The van der Waals surface area contributed by atoms with Gasteiger partial charge in [0.25, 0.3) is 6.43 Å². The van der Waals surface area contributed by atoms with Crippen LogP contribution in [0.25, 0.3) is 17.0 Å². The summed E-state index contributed by atoms with van der Waals surface area (Å²) in [4.78, 5) is 23.7. The summed E-state index contributed by atoms with van der Waals surface area (Å²) in [5.41, 5.74) is 1.59. The minimum absolute atomic E-state index is 0.0315. The summed E-state index contributed by atoms with van der Waals surface area (Å²) in [6, 6.07) is 8.25. The van der Waals surface area contributed by atoms with Gasteiger partial charge in [0.1, 0.15) is 11.3 Å². The molecule has 2 N–H and O–H groups in total. The largest absolute Gasteiger partial charge is 0.494 e. The minimum Gasteiger partial charge on any atom is -0.494 e. The van der Waals surface area contributed by atoms with Crippen molar-refractivity contribution in [1.82, 2.24) is 34.2 Å². The van der Waals surface area contributed by atoms with Crippen molar-refractivity contribution in [2.45, 2.75) is 13.0 Å². The number of hydrogen-bond donors (Lipinski definition) is 2. The second-order valence-electron chi connectivity index (χ2n) is 8.55. The molecule has 0 radical (unpaired) electrons. The number of morpholine rings is 1. The number of imidazole rings is 1. The van der Waals surface area contributed by atoms with E-state index in [9.17, 15) is 17.2 Å². The van der Waals surface area contributed by atoms with E-state index >= 15 is 0 Å². The lowest BCUT2D eigenvalue weighted by atomic mass is 10.3. The molecule has 16 heteroatoms. The number of anilines is 3. The van der Waals surface area contributed by atoms with E-state index < -0.39 is 22.3 Å². The van der Waals surface area contributed by atoms with Crippen molar-refractivity contribution in [3.63, 3.8) is 0 Å². The molecule has 1 aromatic carbocycles. The summed E-state index contributed by atoms with van der Waals surface area (Å²) in [7, 11) is -1.93. The molecule has 0 atom stereocenters. The van der Waals surface area contributed by atoms with Crippen LogP contribution in [0.1, 0.15) is 17.9 Å². The average molecular weight is 562 g/mol. The standard InChI is InChI=1S/C23H25F2N9O4S/c1-37-17-5-3-4-16-18(17)29-20(19(24)25)34(16)23-31-21(30-22(32-23)33-8-10-38-11-9-33)28-15-7-6-14(26-12-15)13-27-39(2,35)36/h3-7,12,19,27H,8-11,13H2,1-2H3,(H,28,30,31,32). The number of aromatic nitrogens is 6. The number of fused-ring (bicyclic) bond motifs is 1. The lowest BCUT2D eigenvalue weighted by Crippen LogP contribution is -2.37. The van der Waals surface area contributed by atoms with E-state index in [0.29, 0.717) is 49.0 Å². The minimum atomic E-state index is -3.37. The Morgan fingerprint density at radius 3 is 2.51 bits per heavy atom. The van der Waals surface area contributed by atoms with E-state index in [1.54, 1.807) is 30.3 Å². The van der Waals surface area contributed by atoms with Gasteiger partial charge in [-0.2, -0.15) is 15.0 Å². The highest BCUT2D eigenvalue weighted by Crippen LogP contribution is 2.32. The first-order chi connectivity index (χ1) is 18.7. The Hall–Kier alpha value is -4.02. The van der Waals surface area contributed by atoms with Gasteiger partial charge in [-0.3, -0.25) is 9.55 Å². The Balaban J connectivity index is 1.56. The number of methoxy groups -OCH3 is 1. The summed E-state index contributed by atoms with van der Waals surface area (Å²) in [6.07, 6.45) is -0.370. The highest BCUT2D eigenvalue weighted by atomic mass is 32.2. The van der Waals surface area contributed by atoms with Crippen LogP contribution in [0.4, 0.5) is 26.4 Å². The van der Waals surface area contributed by atoms with E-state index in [2.05, 4.69) is 35.0 Å². The number of rotatable bonds is 9. The Morgan fingerprint density at radius 2 is 1.85 bits per heavy atom. The molecular weight excluding hydrogens is 536 g/mol. The van der Waals surface area contributed by atoms with E-state index in [0.717, 1.165) is 6.26 Å². The first-order valence-corrected chi connectivity index (χ1v) is 13.7. The van der Waals surface area contributed by atoms with Crippen molar-refractivity contribution < 1.29 is 26.7 Å². The number of sulfonamides is 1. The summed E-state index contributed by atoms with van der Waals surface area (Å²) in [5, 5.41) is 3.04. The van der Waals surface area contributed by atoms with Gasteiger partial charge in [0.05, 0.1) is 56.2 Å². The predicted molar refractivity (Wildman–Crippen MR) is 138 cm³/mol. The molecular formula is C23H25F2N9O4S. The molecule has 13 nitrogen and oxygen atoms in total. The number of nitrogens with one attached hydrogen (secondary N) is 2. The number of ether oxygens (including phenoxy) is 2. The fraction of sp³-hybridized carbons (Fsp3) is 0.348. The molecule has 0 amide bonds. The van der Waals surface area contributed by atoms with Crippen molar-refractivity contribution in [3.05, 3.63) is 48.0 Å². The Bertz CT molecular complexity index is 1580. The van der Waals surface area contributed by atoms with E-state index in [1.807, 2.05) is 4.90 Å². The number of halogens is 2. The van der Waals surface area contributed by atoms with Gasteiger partial charge in [0.15, 0.2) is 5.82 Å². The third-order valence-corrected chi connectivity index (χ3v) is 6.46. The third-order valence-electron chi connectivity index (χ3n) is 5.79. The molecule has 1 aliphatic heterocycles. The fourth-order valence-electron chi connectivity index (χ4n) is 3.96. The van der Waals surface area contributed by atoms with Crippen molar-refractivity contribution >= 4 is 38.6 Å². The molecule has 39 heavy (non-hydrogen) atoms. The van der Waals surface area contributed by atoms with Gasteiger partial charge in [-0.1, -0.05) is 6.07 Å². The number of pyridine rings is 1. The van der Waals surface area contributed by atoms with Crippen LogP contribution in [-0.4, -0.2) is 77.6 Å². The molecule has 3 aromatic heterocycles. The topological polar surface area (TPSA) is 149 Å². The van der Waals surface area contributed by atoms with E-state index in [-0.39, 0.29) is 29.9 Å². The zero-order valence-corrected chi connectivity index (χ0v) is 21.8. The predicted octanol–water partition coefficient (Wildman–Crippen LogP) is 2.18. The van der Waals surface area contributed by atoms with Crippen molar-refractivity contribution in [2.75, 3.05) is 49.9 Å². The van der Waals surface area contributed by atoms with Gasteiger partial charge in [-0.15, -0.1) is 0 Å². The highest BCUT2D eigenvalue weighted by Gasteiger charge is 2.25. The van der Waals surface area contributed by atoms with Crippen LogP contribution in [0.15, 0.2) is 36.5 Å². The van der Waals surface area contributed by atoms with Crippen LogP contribution in [0.2, 0.25) is 0 Å². The molecule has 1 fully saturated rings. The van der Waals surface area contributed by atoms with Gasteiger partial charge in [0, 0.05) is 13.1 Å². The number of benzene rings is 1. The maximum absolute atomic E-state index is 14.2. The molecule has 1 saturated heterocycles. The fourth-order valence-corrected chi connectivity index (χ4v) is 4.37. The lowest BCUT2D eigenvalue weighted by molar-refractivity contribution is 0.122. The molecule has 4 aromatic rings. The van der Waals surface area contributed by atoms with Crippen molar-refractivity contribution in [2.24, 2.45) is 0 Å². The smallest absolute Gasteiger partial charge is 0.296 e. The number of alkyl halides is 2. The van der Waals surface area contributed by atoms with Crippen LogP contribution < -0.4 is 19.7 Å². The quantitative estimate of drug-likeness (QED) is 0.310. The first-order valence-electron chi connectivity index (χ1n) is 11.8. The average Bonchev–Trinajstić information content (AvgIpc) is 3.33. The third kappa shape index (κ3) is 6.02. The molecule has 4 heterocycles. The van der Waals surface area contributed by atoms with Crippen LogP contribution >= 0.6 is 0 Å². The normalized spacial score (nSPS) is 14.2. The molecule has 0 saturated carbocycles. The van der Waals surface area contributed by atoms with Crippen LogP contribution in [0, 0.1) is 0 Å². The molecule has 0 aliphatic carbocycles. The molecule has 0 unspecified atom stereocenters. The Labute approximate surface area is 222 Å². The Morgan fingerprint density at radius 1 is 1.08 bits per heavy atom. The first kappa shape index (κ1) is 26.6.